The quantitative estimate of drug-likeness (QED) is 0.593. The summed E-state index contributed by atoms with van der Waals surface area (Å²) in [5.41, 5.74) is 2.12. The molecule has 0 aliphatic heterocycles. The second-order valence-corrected chi connectivity index (χ2v) is 6.27. The highest BCUT2D eigenvalue weighted by molar-refractivity contribution is 6.35. The number of benzene rings is 2. The summed E-state index contributed by atoms with van der Waals surface area (Å²) in [6, 6.07) is 11.2. The summed E-state index contributed by atoms with van der Waals surface area (Å²) >= 11 is 18.0. The molecule has 0 aliphatic carbocycles. The third kappa shape index (κ3) is 5.28. The number of ether oxygens (including phenoxy) is 1. The fourth-order valence-corrected chi connectivity index (χ4v) is 2.58. The molecule has 2 aromatic carbocycles. The molecule has 0 aliphatic rings. The van der Waals surface area contributed by atoms with E-state index in [9.17, 15) is 0 Å². The molecule has 0 spiro atoms. The number of anilines is 1. The molecule has 0 bridgehead atoms. The Kier molecular flexibility index (Phi) is 6.69. The Balaban J connectivity index is 1.66. The minimum Gasteiger partial charge on any atom is -0.492 e. The largest absolute Gasteiger partial charge is 0.492 e. The monoisotopic (exact) mass is 357 g/mol. The summed E-state index contributed by atoms with van der Waals surface area (Å²) < 4.78 is 5.64. The average Bonchev–Trinajstić information content (AvgIpc) is 2.48. The van der Waals surface area contributed by atoms with Gasteiger partial charge in [-0.15, -0.1) is 0 Å². The van der Waals surface area contributed by atoms with E-state index in [4.69, 9.17) is 39.5 Å². The second-order valence-electron chi connectivity index (χ2n) is 5.02. The standard InChI is InChI=1S/C17H18Cl3NO/c1-12-4-6-14(11-15(12)19)21-8-2-3-9-22-17-7-5-13(18)10-16(17)20/h4-7,10-11,21H,2-3,8-9H2,1H3. The van der Waals surface area contributed by atoms with Gasteiger partial charge in [0.15, 0.2) is 0 Å². The van der Waals surface area contributed by atoms with E-state index < -0.39 is 0 Å². The minimum atomic E-state index is 0.542. The van der Waals surface area contributed by atoms with Gasteiger partial charge in [0.1, 0.15) is 5.75 Å². The van der Waals surface area contributed by atoms with E-state index in [-0.39, 0.29) is 0 Å². The van der Waals surface area contributed by atoms with Crippen molar-refractivity contribution in [3.05, 3.63) is 57.0 Å². The van der Waals surface area contributed by atoms with Crippen LogP contribution in [0.2, 0.25) is 15.1 Å². The lowest BCUT2D eigenvalue weighted by Gasteiger charge is -2.10. The predicted molar refractivity (Wildman–Crippen MR) is 95.9 cm³/mol. The van der Waals surface area contributed by atoms with Crippen molar-refractivity contribution in [1.29, 1.82) is 0 Å². The predicted octanol–water partition coefficient (Wildman–Crippen LogP) is 6.23. The SMILES string of the molecule is Cc1ccc(NCCCCOc2ccc(Cl)cc2Cl)cc1Cl. The molecule has 2 aromatic rings. The topological polar surface area (TPSA) is 21.3 Å². The Morgan fingerprint density at radius 2 is 1.77 bits per heavy atom. The van der Waals surface area contributed by atoms with Crippen molar-refractivity contribution < 1.29 is 4.74 Å². The molecule has 22 heavy (non-hydrogen) atoms. The first-order chi connectivity index (χ1) is 10.6. The average molecular weight is 359 g/mol. The van der Waals surface area contributed by atoms with Gasteiger partial charge in [-0.05, 0) is 55.7 Å². The maximum Gasteiger partial charge on any atom is 0.137 e. The molecule has 0 fully saturated rings. The maximum absolute atomic E-state index is 6.09. The van der Waals surface area contributed by atoms with Crippen molar-refractivity contribution in [1.82, 2.24) is 0 Å². The highest BCUT2D eigenvalue weighted by atomic mass is 35.5. The van der Waals surface area contributed by atoms with Crippen molar-refractivity contribution in [2.75, 3.05) is 18.5 Å². The fourth-order valence-electron chi connectivity index (χ4n) is 1.94. The Morgan fingerprint density at radius 3 is 2.50 bits per heavy atom. The zero-order valence-electron chi connectivity index (χ0n) is 12.3. The summed E-state index contributed by atoms with van der Waals surface area (Å²) in [6.45, 7) is 3.49. The number of hydrogen-bond donors (Lipinski definition) is 1. The Bertz CT molecular complexity index is 631. The van der Waals surface area contributed by atoms with Gasteiger partial charge in [-0.1, -0.05) is 40.9 Å². The number of halogens is 3. The van der Waals surface area contributed by atoms with Crippen molar-refractivity contribution in [2.45, 2.75) is 19.8 Å². The molecule has 118 valence electrons. The van der Waals surface area contributed by atoms with E-state index in [1.807, 2.05) is 25.1 Å². The molecule has 0 aromatic heterocycles. The number of hydrogen-bond acceptors (Lipinski definition) is 2. The van der Waals surface area contributed by atoms with Gasteiger partial charge in [0.2, 0.25) is 0 Å². The molecule has 0 saturated carbocycles. The summed E-state index contributed by atoms with van der Waals surface area (Å²) in [5, 5.41) is 5.28. The van der Waals surface area contributed by atoms with Crippen molar-refractivity contribution in [2.24, 2.45) is 0 Å². The summed E-state index contributed by atoms with van der Waals surface area (Å²) in [7, 11) is 0. The normalized spacial score (nSPS) is 10.5. The van der Waals surface area contributed by atoms with Crippen LogP contribution in [0.5, 0.6) is 5.75 Å². The van der Waals surface area contributed by atoms with Crippen LogP contribution in [0.25, 0.3) is 0 Å². The van der Waals surface area contributed by atoms with Crippen LogP contribution < -0.4 is 10.1 Å². The molecule has 5 heteroatoms. The highest BCUT2D eigenvalue weighted by Crippen LogP contribution is 2.27. The van der Waals surface area contributed by atoms with Gasteiger partial charge in [-0.2, -0.15) is 0 Å². The molecule has 2 rings (SSSR count). The molecule has 0 radical (unpaired) electrons. The minimum absolute atomic E-state index is 0.542. The van der Waals surface area contributed by atoms with Crippen molar-refractivity contribution in [3.8, 4) is 5.75 Å². The molecule has 0 amide bonds. The van der Waals surface area contributed by atoms with Gasteiger partial charge >= 0.3 is 0 Å². The van der Waals surface area contributed by atoms with Gasteiger partial charge in [-0.25, -0.2) is 0 Å². The molecule has 1 N–H and O–H groups in total. The van der Waals surface area contributed by atoms with Crippen LogP contribution in [0.1, 0.15) is 18.4 Å². The lowest BCUT2D eigenvalue weighted by Crippen LogP contribution is -2.05. The Hall–Kier alpha value is -1.09. The third-order valence-corrected chi connectivity index (χ3v) is 4.16. The number of aryl methyl sites for hydroxylation is 1. The van der Waals surface area contributed by atoms with Gasteiger partial charge in [0.05, 0.1) is 11.6 Å². The first-order valence-electron chi connectivity index (χ1n) is 7.14. The second kappa shape index (κ2) is 8.52. The lowest BCUT2D eigenvalue weighted by molar-refractivity contribution is 0.308. The Morgan fingerprint density at radius 1 is 0.955 bits per heavy atom. The van der Waals surface area contributed by atoms with E-state index in [1.54, 1.807) is 18.2 Å². The zero-order valence-corrected chi connectivity index (χ0v) is 14.6. The summed E-state index contributed by atoms with van der Waals surface area (Å²) in [5.74, 6) is 0.671. The molecular weight excluding hydrogens is 341 g/mol. The first-order valence-corrected chi connectivity index (χ1v) is 8.27. The van der Waals surface area contributed by atoms with Crippen LogP contribution in [0.3, 0.4) is 0 Å². The van der Waals surface area contributed by atoms with Crippen LogP contribution in [-0.4, -0.2) is 13.2 Å². The van der Waals surface area contributed by atoms with Gasteiger partial charge in [0.25, 0.3) is 0 Å². The molecule has 2 nitrogen and oxygen atoms in total. The number of unbranched alkanes of at least 4 members (excludes halogenated alkanes) is 1. The van der Waals surface area contributed by atoms with E-state index in [1.165, 1.54) is 0 Å². The smallest absolute Gasteiger partial charge is 0.137 e. The first kappa shape index (κ1) is 17.3. The zero-order chi connectivity index (χ0) is 15.9. The van der Waals surface area contributed by atoms with Crippen LogP contribution in [-0.2, 0) is 0 Å². The number of nitrogens with one attached hydrogen (secondary N) is 1. The molecule has 0 atom stereocenters. The van der Waals surface area contributed by atoms with Crippen molar-refractivity contribution in [3.63, 3.8) is 0 Å². The van der Waals surface area contributed by atoms with Gasteiger partial charge in [0, 0.05) is 22.3 Å². The third-order valence-electron chi connectivity index (χ3n) is 3.22. The molecule has 0 unspecified atom stereocenters. The van der Waals surface area contributed by atoms with Crippen LogP contribution in [0.15, 0.2) is 36.4 Å². The highest BCUT2D eigenvalue weighted by Gasteiger charge is 2.02. The molecule has 0 heterocycles. The summed E-state index contributed by atoms with van der Waals surface area (Å²) in [4.78, 5) is 0. The lowest BCUT2D eigenvalue weighted by atomic mass is 10.2. The summed E-state index contributed by atoms with van der Waals surface area (Å²) in [6.07, 6.45) is 1.93. The van der Waals surface area contributed by atoms with Crippen LogP contribution in [0.4, 0.5) is 5.69 Å². The molecular formula is C17H18Cl3NO. The van der Waals surface area contributed by atoms with Crippen molar-refractivity contribution >= 4 is 40.5 Å². The maximum atomic E-state index is 6.09. The van der Waals surface area contributed by atoms with Gasteiger partial charge in [-0.3, -0.25) is 0 Å². The van der Waals surface area contributed by atoms with E-state index in [2.05, 4.69) is 5.32 Å². The molecule has 0 saturated heterocycles. The fraction of sp³-hybridized carbons (Fsp3) is 0.294. The van der Waals surface area contributed by atoms with Gasteiger partial charge < -0.3 is 10.1 Å². The van der Waals surface area contributed by atoms with Crippen LogP contribution in [0, 0.1) is 6.92 Å². The van der Waals surface area contributed by atoms with E-state index in [0.717, 1.165) is 35.7 Å². The number of rotatable bonds is 7. The Labute approximate surface area is 146 Å². The van der Waals surface area contributed by atoms with Crippen LogP contribution >= 0.6 is 34.8 Å². The van der Waals surface area contributed by atoms with E-state index >= 15 is 0 Å². The van der Waals surface area contributed by atoms with E-state index in [0.29, 0.717) is 22.4 Å².